The Morgan fingerprint density at radius 3 is 2.43 bits per heavy atom. The highest BCUT2D eigenvalue weighted by Crippen LogP contribution is 2.25. The Labute approximate surface area is 128 Å². The van der Waals surface area contributed by atoms with Gasteiger partial charge in [0.1, 0.15) is 5.75 Å². The van der Waals surface area contributed by atoms with Gasteiger partial charge < -0.3 is 4.74 Å². The molecule has 6 heteroatoms. The van der Waals surface area contributed by atoms with E-state index in [1.165, 1.54) is 37.4 Å². The molecule has 0 heterocycles. The van der Waals surface area contributed by atoms with Gasteiger partial charge in [0.25, 0.3) is 0 Å². The molecular weight excluding hydrogens is 310 g/mol. The van der Waals surface area contributed by atoms with Gasteiger partial charge in [-0.15, -0.1) is 0 Å². The Balaban J connectivity index is 2.41. The van der Waals surface area contributed by atoms with Crippen molar-refractivity contribution in [2.45, 2.75) is 10.6 Å². The van der Waals surface area contributed by atoms with Crippen molar-refractivity contribution in [2.75, 3.05) is 7.11 Å². The number of hydrogen-bond acceptors (Lipinski definition) is 4. The summed E-state index contributed by atoms with van der Waals surface area (Å²) in [5.74, 6) is 0.194. The fourth-order valence-corrected chi connectivity index (χ4v) is 3.37. The van der Waals surface area contributed by atoms with Crippen LogP contribution in [-0.4, -0.2) is 15.5 Å². The van der Waals surface area contributed by atoms with E-state index in [9.17, 15) is 8.42 Å². The first-order valence-electron chi connectivity index (χ1n) is 6.01. The number of nitriles is 1. The molecule has 0 aromatic heterocycles. The summed E-state index contributed by atoms with van der Waals surface area (Å²) in [5.41, 5.74) is 0.837. The molecule has 0 atom stereocenters. The maximum atomic E-state index is 12.4. The van der Waals surface area contributed by atoms with Crippen LogP contribution in [0.4, 0.5) is 0 Å². The SMILES string of the molecule is COc1ccc(C#N)cc1CS(=O)(=O)c1ccc(Cl)cc1. The number of rotatable bonds is 4. The molecule has 0 aliphatic heterocycles. The second-order valence-corrected chi connectivity index (χ2v) is 6.78. The van der Waals surface area contributed by atoms with Crippen LogP contribution in [0.3, 0.4) is 0 Å². The molecular formula is C15H12ClNO3S. The number of hydrogen-bond donors (Lipinski definition) is 0. The highest BCUT2D eigenvalue weighted by molar-refractivity contribution is 7.90. The van der Waals surface area contributed by atoms with Crippen molar-refractivity contribution in [2.24, 2.45) is 0 Å². The topological polar surface area (TPSA) is 67.2 Å². The van der Waals surface area contributed by atoms with Crippen LogP contribution in [0.5, 0.6) is 5.75 Å². The summed E-state index contributed by atoms with van der Waals surface area (Å²) < 4.78 is 29.9. The second kappa shape index (κ2) is 6.17. The molecule has 4 nitrogen and oxygen atoms in total. The number of ether oxygens (including phenoxy) is 1. The van der Waals surface area contributed by atoms with Crippen LogP contribution in [0.15, 0.2) is 47.4 Å². The molecule has 0 bridgehead atoms. The first-order valence-corrected chi connectivity index (χ1v) is 8.04. The molecule has 0 saturated carbocycles. The third-order valence-electron chi connectivity index (χ3n) is 2.93. The van der Waals surface area contributed by atoms with Crippen molar-refractivity contribution < 1.29 is 13.2 Å². The maximum absolute atomic E-state index is 12.4. The zero-order chi connectivity index (χ0) is 15.5. The van der Waals surface area contributed by atoms with Crippen molar-refractivity contribution in [3.8, 4) is 11.8 Å². The highest BCUT2D eigenvalue weighted by Gasteiger charge is 2.18. The van der Waals surface area contributed by atoms with Gasteiger partial charge in [-0.1, -0.05) is 11.6 Å². The number of halogens is 1. The number of benzene rings is 2. The molecule has 0 unspecified atom stereocenters. The maximum Gasteiger partial charge on any atom is 0.182 e. The lowest BCUT2D eigenvalue weighted by molar-refractivity contribution is 0.411. The van der Waals surface area contributed by atoms with Crippen molar-refractivity contribution in [1.29, 1.82) is 5.26 Å². The van der Waals surface area contributed by atoms with E-state index in [2.05, 4.69) is 0 Å². The zero-order valence-corrected chi connectivity index (χ0v) is 12.8. The minimum Gasteiger partial charge on any atom is -0.496 e. The summed E-state index contributed by atoms with van der Waals surface area (Å²) in [7, 11) is -2.08. The van der Waals surface area contributed by atoms with E-state index in [-0.39, 0.29) is 10.6 Å². The van der Waals surface area contributed by atoms with Crippen molar-refractivity contribution in [3.63, 3.8) is 0 Å². The van der Waals surface area contributed by atoms with Crippen LogP contribution in [0, 0.1) is 11.3 Å². The van der Waals surface area contributed by atoms with Crippen LogP contribution >= 0.6 is 11.6 Å². The normalized spacial score (nSPS) is 10.9. The molecule has 0 radical (unpaired) electrons. The summed E-state index contributed by atoms with van der Waals surface area (Å²) in [6, 6.07) is 12.6. The fourth-order valence-electron chi connectivity index (χ4n) is 1.89. The summed E-state index contributed by atoms with van der Waals surface area (Å²) in [5, 5.41) is 9.39. The lowest BCUT2D eigenvalue weighted by Crippen LogP contribution is -2.06. The zero-order valence-electron chi connectivity index (χ0n) is 11.2. The first kappa shape index (κ1) is 15.4. The minimum absolute atomic E-state index is 0.177. The molecule has 0 N–H and O–H groups in total. The molecule has 0 saturated heterocycles. The highest BCUT2D eigenvalue weighted by atomic mass is 35.5. The Kier molecular flexibility index (Phi) is 4.51. The molecule has 0 fully saturated rings. The smallest absolute Gasteiger partial charge is 0.182 e. The first-order chi connectivity index (χ1) is 9.96. The monoisotopic (exact) mass is 321 g/mol. The summed E-state index contributed by atoms with van der Waals surface area (Å²) in [6.45, 7) is 0. The van der Waals surface area contributed by atoms with E-state index < -0.39 is 9.84 Å². The van der Waals surface area contributed by atoms with Gasteiger partial charge in [-0.05, 0) is 42.5 Å². The molecule has 0 spiro atoms. The Bertz CT molecular complexity index is 793. The van der Waals surface area contributed by atoms with Crippen molar-refractivity contribution in [3.05, 3.63) is 58.6 Å². The third-order valence-corrected chi connectivity index (χ3v) is 4.86. The van der Waals surface area contributed by atoms with Gasteiger partial charge in [-0.25, -0.2) is 8.42 Å². The molecule has 21 heavy (non-hydrogen) atoms. The van der Waals surface area contributed by atoms with Gasteiger partial charge in [-0.2, -0.15) is 5.26 Å². The Morgan fingerprint density at radius 1 is 1.19 bits per heavy atom. The average Bonchev–Trinajstić information content (AvgIpc) is 2.47. The minimum atomic E-state index is -3.54. The summed E-state index contributed by atoms with van der Waals surface area (Å²) in [4.78, 5) is 0.177. The van der Waals surface area contributed by atoms with E-state index in [0.717, 1.165) is 0 Å². The van der Waals surface area contributed by atoms with Gasteiger partial charge in [0.05, 0.1) is 29.4 Å². The van der Waals surface area contributed by atoms with Crippen molar-refractivity contribution >= 4 is 21.4 Å². The van der Waals surface area contributed by atoms with E-state index in [4.69, 9.17) is 21.6 Å². The van der Waals surface area contributed by atoms with Crippen molar-refractivity contribution in [1.82, 2.24) is 0 Å². The van der Waals surface area contributed by atoms with Crippen LogP contribution in [0.2, 0.25) is 5.02 Å². The Morgan fingerprint density at radius 2 is 1.86 bits per heavy atom. The van der Waals surface area contributed by atoms with Gasteiger partial charge in [0.2, 0.25) is 0 Å². The second-order valence-electron chi connectivity index (χ2n) is 4.35. The van der Waals surface area contributed by atoms with Gasteiger partial charge in [0.15, 0.2) is 9.84 Å². The molecule has 0 aliphatic rings. The van der Waals surface area contributed by atoms with Crippen LogP contribution in [0.1, 0.15) is 11.1 Å². The number of methoxy groups -OCH3 is 1. The molecule has 2 rings (SSSR count). The number of sulfone groups is 1. The van der Waals surface area contributed by atoms with E-state index in [1.807, 2.05) is 6.07 Å². The standard InChI is InChI=1S/C15H12ClNO3S/c1-20-15-7-2-11(9-17)8-12(15)10-21(18,19)14-5-3-13(16)4-6-14/h2-8H,10H2,1H3. The van der Waals surface area contributed by atoms with Gasteiger partial charge >= 0.3 is 0 Å². The fraction of sp³-hybridized carbons (Fsp3) is 0.133. The largest absolute Gasteiger partial charge is 0.496 e. The molecule has 108 valence electrons. The summed E-state index contributed by atoms with van der Waals surface area (Å²) >= 11 is 5.76. The molecule has 0 aliphatic carbocycles. The quantitative estimate of drug-likeness (QED) is 0.867. The van der Waals surface area contributed by atoms with E-state index in [0.29, 0.717) is 21.9 Å². The van der Waals surface area contributed by atoms with Crippen LogP contribution in [-0.2, 0) is 15.6 Å². The third kappa shape index (κ3) is 3.54. The Hall–Kier alpha value is -2.03. The van der Waals surface area contributed by atoms with E-state index >= 15 is 0 Å². The van der Waals surface area contributed by atoms with E-state index in [1.54, 1.807) is 12.1 Å². The predicted octanol–water partition coefficient (Wildman–Crippen LogP) is 3.19. The number of nitrogens with zero attached hydrogens (tertiary/aromatic N) is 1. The van der Waals surface area contributed by atoms with Crippen LogP contribution < -0.4 is 4.74 Å². The van der Waals surface area contributed by atoms with Gasteiger partial charge in [-0.3, -0.25) is 0 Å². The predicted molar refractivity (Wildman–Crippen MR) is 80.1 cm³/mol. The lowest BCUT2D eigenvalue weighted by atomic mass is 10.1. The molecule has 2 aromatic rings. The average molecular weight is 322 g/mol. The summed E-state index contributed by atoms with van der Waals surface area (Å²) in [6.07, 6.45) is 0. The van der Waals surface area contributed by atoms with Crippen LogP contribution in [0.25, 0.3) is 0 Å². The lowest BCUT2D eigenvalue weighted by Gasteiger charge is -2.10. The van der Waals surface area contributed by atoms with Gasteiger partial charge in [0, 0.05) is 10.6 Å². The molecule has 2 aromatic carbocycles. The molecule has 0 amide bonds.